The summed E-state index contributed by atoms with van der Waals surface area (Å²) >= 11 is 0. The number of β-amino-alcohol motifs (C(OH)–C–C–N with tert-alkyl or cyclic N) is 1. The van der Waals surface area contributed by atoms with E-state index in [-0.39, 0.29) is 12.5 Å². The van der Waals surface area contributed by atoms with Crippen molar-refractivity contribution in [3.63, 3.8) is 0 Å². The van der Waals surface area contributed by atoms with Crippen molar-refractivity contribution in [3.05, 3.63) is 17.0 Å². The number of aliphatic carboxylic acids is 1. The normalized spacial score (nSPS) is 25.8. The van der Waals surface area contributed by atoms with Crippen molar-refractivity contribution in [1.29, 1.82) is 0 Å². The summed E-state index contributed by atoms with van der Waals surface area (Å²) in [5.41, 5.74) is 2.34. The molecule has 1 saturated heterocycles. The van der Waals surface area contributed by atoms with Crippen molar-refractivity contribution in [2.75, 3.05) is 13.1 Å². The van der Waals surface area contributed by atoms with Gasteiger partial charge in [0, 0.05) is 31.6 Å². The molecule has 1 aliphatic heterocycles. The van der Waals surface area contributed by atoms with E-state index in [0.29, 0.717) is 38.6 Å². The summed E-state index contributed by atoms with van der Waals surface area (Å²) in [5, 5.41) is 27.5. The Bertz CT molecular complexity index is 672. The maximum Gasteiger partial charge on any atom is 0.312 e. The van der Waals surface area contributed by atoms with E-state index in [1.807, 2.05) is 6.92 Å². The molecule has 0 saturated carbocycles. The van der Waals surface area contributed by atoms with Crippen molar-refractivity contribution < 1.29 is 19.8 Å². The fourth-order valence-electron chi connectivity index (χ4n) is 4.44. The Morgan fingerprint density at radius 1 is 1.35 bits per heavy atom. The second-order valence-corrected chi connectivity index (χ2v) is 7.65. The lowest BCUT2D eigenvalue weighted by Gasteiger charge is -2.42. The Hall–Kier alpha value is -1.89. The van der Waals surface area contributed by atoms with E-state index in [1.54, 1.807) is 4.90 Å². The standard InChI is InChI=1S/C19H29N3O4/c1-2-9-19(18(25)26)10-11-22(12-16(19)23)17(24)8-7-15-13-5-3-4-6-14(13)20-21-15/h16,23H,2-12H2,1H3,(H,20,21)(H,25,26)/t16-,19-/m0/s1. The molecule has 1 fully saturated rings. The molecule has 0 aromatic carbocycles. The number of nitrogens with one attached hydrogen (secondary N) is 1. The van der Waals surface area contributed by atoms with Crippen LogP contribution in [0.2, 0.25) is 0 Å². The number of piperidine rings is 1. The molecule has 0 bridgehead atoms. The van der Waals surface area contributed by atoms with Crippen LogP contribution in [0.5, 0.6) is 0 Å². The molecule has 2 heterocycles. The summed E-state index contributed by atoms with van der Waals surface area (Å²) in [4.78, 5) is 25.9. The van der Waals surface area contributed by atoms with Gasteiger partial charge in [0.25, 0.3) is 0 Å². The minimum absolute atomic E-state index is 0.0351. The molecule has 2 aliphatic rings. The van der Waals surface area contributed by atoms with Gasteiger partial charge in [-0.05, 0) is 44.1 Å². The van der Waals surface area contributed by atoms with Crippen LogP contribution in [-0.2, 0) is 28.9 Å². The van der Waals surface area contributed by atoms with E-state index in [9.17, 15) is 19.8 Å². The number of hydrogen-bond acceptors (Lipinski definition) is 4. The van der Waals surface area contributed by atoms with Crippen molar-refractivity contribution in [2.45, 2.75) is 70.8 Å². The Morgan fingerprint density at radius 3 is 2.81 bits per heavy atom. The minimum atomic E-state index is -1.12. The third-order valence-corrected chi connectivity index (χ3v) is 6.05. The van der Waals surface area contributed by atoms with Crippen molar-refractivity contribution >= 4 is 11.9 Å². The summed E-state index contributed by atoms with van der Waals surface area (Å²) in [6.45, 7) is 2.41. The van der Waals surface area contributed by atoms with Crippen LogP contribution in [0.25, 0.3) is 0 Å². The smallest absolute Gasteiger partial charge is 0.312 e. The van der Waals surface area contributed by atoms with Crippen LogP contribution in [0.4, 0.5) is 0 Å². The van der Waals surface area contributed by atoms with Crippen molar-refractivity contribution in [3.8, 4) is 0 Å². The maximum atomic E-state index is 12.6. The molecular formula is C19H29N3O4. The van der Waals surface area contributed by atoms with Crippen LogP contribution in [0, 0.1) is 5.41 Å². The maximum absolute atomic E-state index is 12.6. The van der Waals surface area contributed by atoms with Gasteiger partial charge >= 0.3 is 5.97 Å². The number of nitrogens with zero attached hydrogens (tertiary/aromatic N) is 2. The predicted octanol–water partition coefficient (Wildman–Crippen LogP) is 1.69. The fourth-order valence-corrected chi connectivity index (χ4v) is 4.44. The number of likely N-dealkylation sites (tertiary alicyclic amines) is 1. The Balaban J connectivity index is 1.58. The van der Waals surface area contributed by atoms with Crippen LogP contribution in [-0.4, -0.2) is 56.4 Å². The fraction of sp³-hybridized carbons (Fsp3) is 0.737. The number of aliphatic hydroxyl groups is 1. The molecule has 1 aromatic rings. The number of aliphatic hydroxyl groups excluding tert-OH is 1. The predicted molar refractivity (Wildman–Crippen MR) is 95.7 cm³/mol. The molecule has 0 spiro atoms. The van der Waals surface area contributed by atoms with E-state index in [4.69, 9.17) is 0 Å². The first-order valence-electron chi connectivity index (χ1n) is 9.72. The third kappa shape index (κ3) is 3.49. The number of aryl methyl sites for hydroxylation is 2. The number of carboxylic acid groups (broad SMARTS) is 1. The molecule has 0 radical (unpaired) electrons. The number of fused-ring (bicyclic) bond motifs is 1. The van der Waals surface area contributed by atoms with Crippen molar-refractivity contribution in [1.82, 2.24) is 15.1 Å². The first-order valence-corrected chi connectivity index (χ1v) is 9.72. The molecule has 2 atom stereocenters. The van der Waals surface area contributed by atoms with E-state index in [2.05, 4.69) is 10.2 Å². The molecule has 7 nitrogen and oxygen atoms in total. The molecule has 0 unspecified atom stereocenters. The van der Waals surface area contributed by atoms with Crippen LogP contribution in [0.15, 0.2) is 0 Å². The summed E-state index contributed by atoms with van der Waals surface area (Å²) in [6, 6.07) is 0. The topological polar surface area (TPSA) is 107 Å². The average molecular weight is 363 g/mol. The number of H-pyrrole nitrogens is 1. The zero-order valence-electron chi connectivity index (χ0n) is 15.5. The largest absolute Gasteiger partial charge is 0.481 e. The van der Waals surface area contributed by atoms with E-state index < -0.39 is 17.5 Å². The second kappa shape index (κ2) is 7.78. The van der Waals surface area contributed by atoms with Crippen LogP contribution >= 0.6 is 0 Å². The lowest BCUT2D eigenvalue weighted by atomic mass is 9.72. The minimum Gasteiger partial charge on any atom is -0.481 e. The summed E-state index contributed by atoms with van der Waals surface area (Å²) in [6.07, 6.45) is 5.76. The Morgan fingerprint density at radius 2 is 2.12 bits per heavy atom. The molecule has 3 N–H and O–H groups in total. The summed E-state index contributed by atoms with van der Waals surface area (Å²) in [5.74, 6) is -0.991. The lowest BCUT2D eigenvalue weighted by Crippen LogP contribution is -2.56. The second-order valence-electron chi connectivity index (χ2n) is 7.65. The molecule has 1 amide bonds. The van der Waals surface area contributed by atoms with Gasteiger partial charge in [0.15, 0.2) is 0 Å². The number of aromatic amines is 1. The van der Waals surface area contributed by atoms with Gasteiger partial charge in [-0.15, -0.1) is 0 Å². The van der Waals surface area contributed by atoms with Gasteiger partial charge in [0.05, 0.1) is 17.2 Å². The van der Waals surface area contributed by atoms with Crippen LogP contribution < -0.4 is 0 Å². The molecule has 144 valence electrons. The molecule has 7 heteroatoms. The average Bonchev–Trinajstić information content (AvgIpc) is 3.04. The summed E-state index contributed by atoms with van der Waals surface area (Å²) in [7, 11) is 0. The molecule has 26 heavy (non-hydrogen) atoms. The number of carbonyl (C=O) groups excluding carboxylic acids is 1. The van der Waals surface area contributed by atoms with Crippen LogP contribution in [0.3, 0.4) is 0 Å². The zero-order valence-corrected chi connectivity index (χ0v) is 15.5. The number of hydrogen-bond donors (Lipinski definition) is 3. The number of aromatic nitrogens is 2. The molecule has 3 rings (SSSR count). The van der Waals surface area contributed by atoms with E-state index in [1.165, 1.54) is 24.1 Å². The van der Waals surface area contributed by atoms with Gasteiger partial charge < -0.3 is 15.1 Å². The summed E-state index contributed by atoms with van der Waals surface area (Å²) < 4.78 is 0. The molecular weight excluding hydrogens is 334 g/mol. The lowest BCUT2D eigenvalue weighted by molar-refractivity contribution is -0.167. The third-order valence-electron chi connectivity index (χ3n) is 6.05. The number of carbonyl (C=O) groups is 2. The molecule has 1 aromatic heterocycles. The number of carboxylic acids is 1. The SMILES string of the molecule is CCC[C@]1(C(=O)O)CCN(C(=O)CCc2n[nH]c3c2CCCC3)C[C@@H]1O. The highest BCUT2D eigenvalue weighted by molar-refractivity contribution is 5.79. The molecule has 1 aliphatic carbocycles. The van der Waals surface area contributed by atoms with Gasteiger partial charge in [0.1, 0.15) is 0 Å². The number of rotatable bonds is 6. The highest BCUT2D eigenvalue weighted by Gasteiger charge is 2.48. The quantitative estimate of drug-likeness (QED) is 0.713. The van der Waals surface area contributed by atoms with Crippen LogP contribution in [0.1, 0.15) is 62.4 Å². The number of amides is 1. The first kappa shape index (κ1) is 18.9. The van der Waals surface area contributed by atoms with Gasteiger partial charge in [-0.3, -0.25) is 14.7 Å². The Labute approximate surface area is 153 Å². The van der Waals surface area contributed by atoms with Gasteiger partial charge in [-0.2, -0.15) is 5.10 Å². The first-order chi connectivity index (χ1) is 12.5. The van der Waals surface area contributed by atoms with Crippen molar-refractivity contribution in [2.24, 2.45) is 5.41 Å². The highest BCUT2D eigenvalue weighted by Crippen LogP contribution is 2.37. The van der Waals surface area contributed by atoms with E-state index in [0.717, 1.165) is 18.5 Å². The Kier molecular flexibility index (Phi) is 5.65. The van der Waals surface area contributed by atoms with Gasteiger partial charge in [-0.1, -0.05) is 13.3 Å². The monoisotopic (exact) mass is 363 g/mol. The zero-order chi connectivity index (χ0) is 18.7. The highest BCUT2D eigenvalue weighted by atomic mass is 16.4. The van der Waals surface area contributed by atoms with E-state index >= 15 is 0 Å². The van der Waals surface area contributed by atoms with Gasteiger partial charge in [0.2, 0.25) is 5.91 Å². The van der Waals surface area contributed by atoms with Gasteiger partial charge in [-0.25, -0.2) is 0 Å².